The summed E-state index contributed by atoms with van der Waals surface area (Å²) in [6.45, 7) is 2.14. The Morgan fingerprint density at radius 3 is 2.76 bits per heavy atom. The minimum absolute atomic E-state index is 0.138. The molecule has 0 saturated carbocycles. The molecule has 5 nitrogen and oxygen atoms in total. The van der Waals surface area contributed by atoms with Gasteiger partial charge in [0.05, 0.1) is 26.0 Å². The van der Waals surface area contributed by atoms with Crippen molar-refractivity contribution in [1.29, 1.82) is 0 Å². The Hall–Kier alpha value is -1.53. The number of hydrogen-bond donors (Lipinski definition) is 1. The summed E-state index contributed by atoms with van der Waals surface area (Å²) in [4.78, 5) is 0. The number of rotatable bonds is 4. The highest BCUT2D eigenvalue weighted by Gasteiger charge is 2.14. The Bertz CT molecular complexity index is 627. The molecule has 1 aromatic heterocycles. The molecule has 0 amide bonds. The minimum atomic E-state index is 0.138. The quantitative estimate of drug-likeness (QED) is 0.917. The zero-order valence-electron chi connectivity index (χ0n) is 11.6. The fourth-order valence-corrected chi connectivity index (χ4v) is 2.72. The highest BCUT2D eigenvalue weighted by Crippen LogP contribution is 2.35. The van der Waals surface area contributed by atoms with E-state index in [1.807, 2.05) is 23.0 Å². The fourth-order valence-electron chi connectivity index (χ4n) is 2.27. The zero-order chi connectivity index (χ0) is 14.7. The van der Waals surface area contributed by atoms with Crippen LogP contribution < -0.4 is 9.47 Å². The van der Waals surface area contributed by atoms with Crippen molar-refractivity contribution in [3.05, 3.63) is 40.1 Å². The molecule has 0 spiro atoms. The van der Waals surface area contributed by atoms with Crippen LogP contribution in [0.25, 0.3) is 0 Å². The molecule has 6 heteroatoms. The number of halogens is 1. The third-order valence-electron chi connectivity index (χ3n) is 3.34. The van der Waals surface area contributed by atoms with E-state index in [9.17, 15) is 0 Å². The maximum Gasteiger partial charge on any atom is 0.162 e. The van der Waals surface area contributed by atoms with Gasteiger partial charge in [-0.15, -0.1) is 0 Å². The van der Waals surface area contributed by atoms with Gasteiger partial charge in [-0.2, -0.15) is 5.10 Å². The average molecular weight is 353 g/mol. The van der Waals surface area contributed by atoms with Gasteiger partial charge in [0.2, 0.25) is 0 Å². The maximum atomic E-state index is 8.95. The molecule has 0 atom stereocenters. The van der Waals surface area contributed by atoms with E-state index in [2.05, 4.69) is 21.0 Å². The number of ether oxygens (including phenoxy) is 2. The summed E-state index contributed by atoms with van der Waals surface area (Å²) in [7, 11) is 0. The third kappa shape index (κ3) is 3.39. The summed E-state index contributed by atoms with van der Waals surface area (Å²) < 4.78 is 14.2. The van der Waals surface area contributed by atoms with Gasteiger partial charge in [0.15, 0.2) is 11.5 Å². The van der Waals surface area contributed by atoms with E-state index in [0.717, 1.165) is 33.5 Å². The fraction of sp³-hybridized carbons (Fsp3) is 0.400. The highest BCUT2D eigenvalue weighted by molar-refractivity contribution is 9.10. The first kappa shape index (κ1) is 14.4. The number of aromatic nitrogens is 2. The molecule has 21 heavy (non-hydrogen) atoms. The molecule has 0 unspecified atom stereocenters. The molecule has 0 radical (unpaired) electrons. The minimum Gasteiger partial charge on any atom is -0.490 e. The lowest BCUT2D eigenvalue weighted by Crippen LogP contribution is -2.02. The molecule has 0 aliphatic carbocycles. The smallest absolute Gasteiger partial charge is 0.162 e. The van der Waals surface area contributed by atoms with Crippen molar-refractivity contribution >= 4 is 15.9 Å². The number of aliphatic hydroxyl groups is 1. The van der Waals surface area contributed by atoms with Gasteiger partial charge in [0.25, 0.3) is 0 Å². The predicted octanol–water partition coefficient (Wildman–Crippen LogP) is 2.39. The van der Waals surface area contributed by atoms with Gasteiger partial charge >= 0.3 is 0 Å². The van der Waals surface area contributed by atoms with Gasteiger partial charge in [-0.25, -0.2) is 0 Å². The van der Waals surface area contributed by atoms with E-state index in [0.29, 0.717) is 26.2 Å². The van der Waals surface area contributed by atoms with Crippen LogP contribution in [0.5, 0.6) is 11.5 Å². The molecular weight excluding hydrogens is 336 g/mol. The van der Waals surface area contributed by atoms with Crippen LogP contribution in [-0.4, -0.2) is 34.7 Å². The van der Waals surface area contributed by atoms with E-state index in [4.69, 9.17) is 14.6 Å². The Balaban J connectivity index is 1.82. The summed E-state index contributed by atoms with van der Waals surface area (Å²) >= 11 is 3.58. The molecule has 1 aliphatic heterocycles. The van der Waals surface area contributed by atoms with Crippen molar-refractivity contribution in [3.8, 4) is 11.5 Å². The van der Waals surface area contributed by atoms with Crippen molar-refractivity contribution in [2.45, 2.75) is 19.4 Å². The summed E-state index contributed by atoms with van der Waals surface area (Å²) in [6.07, 6.45) is 5.26. The second-order valence-corrected chi connectivity index (χ2v) is 5.81. The predicted molar refractivity (Wildman–Crippen MR) is 81.9 cm³/mol. The van der Waals surface area contributed by atoms with Crippen molar-refractivity contribution in [2.75, 3.05) is 19.8 Å². The summed E-state index contributed by atoms with van der Waals surface area (Å²) in [5.41, 5.74) is 2.11. The van der Waals surface area contributed by atoms with E-state index in [1.54, 1.807) is 6.20 Å². The summed E-state index contributed by atoms with van der Waals surface area (Å²) in [5.74, 6) is 1.57. The number of aliphatic hydroxyl groups excluding tert-OH is 1. The molecule has 1 aromatic carbocycles. The van der Waals surface area contributed by atoms with Crippen molar-refractivity contribution in [3.63, 3.8) is 0 Å². The number of benzene rings is 1. The van der Waals surface area contributed by atoms with Gasteiger partial charge in [0, 0.05) is 23.7 Å². The molecule has 0 bridgehead atoms. The number of fused-ring (bicyclic) bond motifs is 1. The van der Waals surface area contributed by atoms with Gasteiger partial charge in [-0.1, -0.05) is 15.9 Å². The Morgan fingerprint density at radius 1 is 1.24 bits per heavy atom. The van der Waals surface area contributed by atoms with Gasteiger partial charge < -0.3 is 14.6 Å². The van der Waals surface area contributed by atoms with Crippen LogP contribution in [0, 0.1) is 0 Å². The van der Waals surface area contributed by atoms with Gasteiger partial charge in [-0.05, 0) is 29.7 Å². The number of hydrogen-bond acceptors (Lipinski definition) is 4. The van der Waals surface area contributed by atoms with Crippen LogP contribution in [-0.2, 0) is 13.0 Å². The normalized spacial score (nSPS) is 14.0. The first-order chi connectivity index (χ1) is 10.3. The molecular formula is C15H17BrN2O3. The first-order valence-corrected chi connectivity index (χ1v) is 7.76. The molecule has 0 fully saturated rings. The summed E-state index contributed by atoms with van der Waals surface area (Å²) in [6, 6.07) is 3.95. The second-order valence-electron chi connectivity index (χ2n) is 4.96. The highest BCUT2D eigenvalue weighted by atomic mass is 79.9. The lowest BCUT2D eigenvalue weighted by atomic mass is 10.2. The van der Waals surface area contributed by atoms with Crippen molar-refractivity contribution in [1.82, 2.24) is 9.78 Å². The topological polar surface area (TPSA) is 56.5 Å². The van der Waals surface area contributed by atoms with Gasteiger partial charge in [0.1, 0.15) is 0 Å². The standard InChI is InChI=1S/C15H17BrN2O3/c16-13-7-15-14(20-4-1-5-21-15)6-12(13)10-18-9-11(2-3-19)8-17-18/h6-9,19H,1-5,10H2. The van der Waals surface area contributed by atoms with Crippen molar-refractivity contribution in [2.24, 2.45) is 0 Å². The van der Waals surface area contributed by atoms with E-state index in [1.165, 1.54) is 0 Å². The molecule has 1 aliphatic rings. The Kier molecular flexibility index (Phi) is 4.45. The van der Waals surface area contributed by atoms with Gasteiger partial charge in [-0.3, -0.25) is 4.68 Å². The lowest BCUT2D eigenvalue weighted by Gasteiger charge is -2.11. The monoisotopic (exact) mass is 352 g/mol. The molecule has 3 rings (SSSR count). The first-order valence-electron chi connectivity index (χ1n) is 6.96. The average Bonchev–Trinajstić information content (AvgIpc) is 2.77. The van der Waals surface area contributed by atoms with Crippen LogP contribution in [0.2, 0.25) is 0 Å². The number of nitrogens with zero attached hydrogens (tertiary/aromatic N) is 2. The maximum absolute atomic E-state index is 8.95. The Morgan fingerprint density at radius 2 is 2.00 bits per heavy atom. The molecule has 112 valence electrons. The molecule has 2 heterocycles. The van der Waals surface area contributed by atoms with Crippen LogP contribution in [0.15, 0.2) is 29.0 Å². The van der Waals surface area contributed by atoms with E-state index < -0.39 is 0 Å². The van der Waals surface area contributed by atoms with Crippen molar-refractivity contribution < 1.29 is 14.6 Å². The lowest BCUT2D eigenvalue weighted by molar-refractivity contribution is 0.297. The second kappa shape index (κ2) is 6.49. The van der Waals surface area contributed by atoms with Crippen LogP contribution in [0.3, 0.4) is 0 Å². The van der Waals surface area contributed by atoms with E-state index in [-0.39, 0.29) is 6.61 Å². The Labute approximate surface area is 131 Å². The largest absolute Gasteiger partial charge is 0.490 e. The molecule has 1 N–H and O–H groups in total. The third-order valence-corrected chi connectivity index (χ3v) is 4.07. The molecule has 0 saturated heterocycles. The summed E-state index contributed by atoms with van der Waals surface area (Å²) in [5, 5.41) is 13.3. The van der Waals surface area contributed by atoms with E-state index >= 15 is 0 Å². The molecule has 2 aromatic rings. The van der Waals surface area contributed by atoms with Crippen LogP contribution in [0.4, 0.5) is 0 Å². The SMILES string of the molecule is OCCc1cnn(Cc2cc3c(cc2Br)OCCCO3)c1. The zero-order valence-corrected chi connectivity index (χ0v) is 13.2. The van der Waals surface area contributed by atoms with Crippen LogP contribution in [0.1, 0.15) is 17.5 Å². The van der Waals surface area contributed by atoms with Crippen LogP contribution >= 0.6 is 15.9 Å².